The number of amides is 1. The summed E-state index contributed by atoms with van der Waals surface area (Å²) < 4.78 is 0.946. The van der Waals surface area contributed by atoms with E-state index < -0.39 is 0 Å². The number of nitrogens with one attached hydrogen (secondary N) is 1. The Morgan fingerprint density at radius 2 is 1.82 bits per heavy atom. The minimum Gasteiger partial charge on any atom is -0.353 e. The van der Waals surface area contributed by atoms with Crippen LogP contribution in [0.2, 0.25) is 0 Å². The zero-order valence-corrected chi connectivity index (χ0v) is 14.9. The maximum atomic E-state index is 12.1. The van der Waals surface area contributed by atoms with Crippen molar-refractivity contribution in [3.63, 3.8) is 0 Å². The van der Waals surface area contributed by atoms with Gasteiger partial charge in [-0.05, 0) is 30.4 Å². The quantitative estimate of drug-likeness (QED) is 0.788. The molecule has 1 saturated carbocycles. The Morgan fingerprint density at radius 1 is 1.14 bits per heavy atom. The average Bonchev–Trinajstić information content (AvgIpc) is 2.50. The highest BCUT2D eigenvalue weighted by molar-refractivity contribution is 9.10. The molecular formula is C18H24BrNO2. The molecule has 0 saturated heterocycles. The van der Waals surface area contributed by atoms with E-state index in [1.165, 1.54) is 12.8 Å². The second-order valence-corrected chi connectivity index (χ2v) is 7.29. The Labute approximate surface area is 141 Å². The Balaban J connectivity index is 1.80. The highest BCUT2D eigenvalue weighted by atomic mass is 79.9. The molecule has 1 aliphatic carbocycles. The number of rotatable bonds is 5. The normalized spacial score (nSPS) is 24.8. The highest BCUT2D eigenvalue weighted by Gasteiger charge is 2.28. The lowest BCUT2D eigenvalue weighted by Gasteiger charge is -2.34. The van der Waals surface area contributed by atoms with Crippen LogP contribution in [-0.2, 0) is 4.79 Å². The van der Waals surface area contributed by atoms with Gasteiger partial charge >= 0.3 is 0 Å². The Morgan fingerprint density at radius 3 is 2.50 bits per heavy atom. The molecule has 1 aromatic rings. The lowest BCUT2D eigenvalue weighted by Crippen LogP contribution is -2.43. The first-order chi connectivity index (χ1) is 10.5. The van der Waals surface area contributed by atoms with Gasteiger partial charge in [0.1, 0.15) is 0 Å². The van der Waals surface area contributed by atoms with Crippen molar-refractivity contribution >= 4 is 27.6 Å². The summed E-state index contributed by atoms with van der Waals surface area (Å²) in [5.74, 6) is 1.19. The third-order valence-electron chi connectivity index (χ3n) is 4.80. The molecule has 1 aromatic carbocycles. The Kier molecular flexibility index (Phi) is 6.18. The zero-order valence-electron chi connectivity index (χ0n) is 13.3. The van der Waals surface area contributed by atoms with Gasteiger partial charge in [-0.2, -0.15) is 0 Å². The van der Waals surface area contributed by atoms with Crippen LogP contribution in [0, 0.1) is 11.8 Å². The summed E-state index contributed by atoms with van der Waals surface area (Å²) in [7, 11) is 0. The first-order valence-electron chi connectivity index (χ1n) is 8.05. The number of benzene rings is 1. The average molecular weight is 366 g/mol. The van der Waals surface area contributed by atoms with E-state index in [9.17, 15) is 9.59 Å². The molecule has 1 N–H and O–H groups in total. The van der Waals surface area contributed by atoms with Gasteiger partial charge in [-0.25, -0.2) is 0 Å². The van der Waals surface area contributed by atoms with Crippen LogP contribution in [0.5, 0.6) is 0 Å². The Bertz CT molecular complexity index is 526. The molecule has 1 aliphatic rings. The van der Waals surface area contributed by atoms with Gasteiger partial charge in [0.05, 0.1) is 0 Å². The van der Waals surface area contributed by atoms with Crippen molar-refractivity contribution in [3.05, 3.63) is 34.3 Å². The topological polar surface area (TPSA) is 46.2 Å². The minimum absolute atomic E-state index is 0.00332. The van der Waals surface area contributed by atoms with Crippen LogP contribution in [-0.4, -0.2) is 17.7 Å². The van der Waals surface area contributed by atoms with Gasteiger partial charge in [0.2, 0.25) is 5.91 Å². The molecule has 3 atom stereocenters. The molecule has 0 heterocycles. The molecule has 2 rings (SSSR count). The van der Waals surface area contributed by atoms with Gasteiger partial charge in [0.25, 0.3) is 0 Å². The third-order valence-corrected chi connectivity index (χ3v) is 5.33. The summed E-state index contributed by atoms with van der Waals surface area (Å²) >= 11 is 3.35. The van der Waals surface area contributed by atoms with E-state index >= 15 is 0 Å². The van der Waals surface area contributed by atoms with Gasteiger partial charge in [-0.3, -0.25) is 9.59 Å². The van der Waals surface area contributed by atoms with Crippen molar-refractivity contribution in [2.45, 2.75) is 52.0 Å². The maximum absolute atomic E-state index is 12.1. The van der Waals surface area contributed by atoms with Crippen molar-refractivity contribution in [2.75, 3.05) is 0 Å². The molecule has 0 bridgehead atoms. The lowest BCUT2D eigenvalue weighted by molar-refractivity contribution is -0.122. The van der Waals surface area contributed by atoms with Gasteiger partial charge in [0, 0.05) is 28.9 Å². The number of hydrogen-bond acceptors (Lipinski definition) is 2. The molecule has 3 nitrogen and oxygen atoms in total. The monoisotopic (exact) mass is 365 g/mol. The summed E-state index contributed by atoms with van der Waals surface area (Å²) in [4.78, 5) is 24.2. The number of Topliss-reactive ketones (excluding diaryl/α,β-unsaturated/α-hetero) is 1. The van der Waals surface area contributed by atoms with Gasteiger partial charge in [-0.1, -0.05) is 54.8 Å². The lowest BCUT2D eigenvalue weighted by atomic mass is 9.78. The summed E-state index contributed by atoms with van der Waals surface area (Å²) in [5, 5.41) is 3.12. The predicted molar refractivity (Wildman–Crippen MR) is 91.8 cm³/mol. The third kappa shape index (κ3) is 4.67. The van der Waals surface area contributed by atoms with Gasteiger partial charge < -0.3 is 5.32 Å². The van der Waals surface area contributed by atoms with Crippen LogP contribution >= 0.6 is 15.9 Å². The molecule has 1 fully saturated rings. The van der Waals surface area contributed by atoms with Crippen molar-refractivity contribution in [2.24, 2.45) is 11.8 Å². The summed E-state index contributed by atoms with van der Waals surface area (Å²) in [6.07, 6.45) is 4.01. The van der Waals surface area contributed by atoms with Crippen LogP contribution < -0.4 is 5.32 Å². The minimum atomic E-state index is -0.00332. The maximum Gasteiger partial charge on any atom is 0.220 e. The molecule has 0 aliphatic heterocycles. The van der Waals surface area contributed by atoms with Gasteiger partial charge in [0.15, 0.2) is 5.78 Å². The molecule has 0 aromatic heterocycles. The van der Waals surface area contributed by atoms with E-state index in [0.29, 0.717) is 17.4 Å². The van der Waals surface area contributed by atoms with Gasteiger partial charge in [-0.15, -0.1) is 0 Å². The zero-order chi connectivity index (χ0) is 16.1. The number of hydrogen-bond donors (Lipinski definition) is 1. The van der Waals surface area contributed by atoms with Crippen molar-refractivity contribution < 1.29 is 9.59 Å². The van der Waals surface area contributed by atoms with Crippen molar-refractivity contribution in [3.8, 4) is 0 Å². The fraction of sp³-hybridized carbons (Fsp3) is 0.556. The number of carbonyl (C=O) groups excluding carboxylic acids is 2. The fourth-order valence-electron chi connectivity index (χ4n) is 3.07. The first kappa shape index (κ1) is 17.2. The van der Waals surface area contributed by atoms with Crippen LogP contribution in [0.1, 0.15) is 56.3 Å². The summed E-state index contributed by atoms with van der Waals surface area (Å²) in [5.41, 5.74) is 0.663. The summed E-state index contributed by atoms with van der Waals surface area (Å²) in [6.45, 7) is 4.46. The van der Waals surface area contributed by atoms with E-state index in [1.54, 1.807) is 12.1 Å². The molecule has 0 radical (unpaired) electrons. The molecule has 120 valence electrons. The second kappa shape index (κ2) is 7.91. The van der Waals surface area contributed by atoms with Crippen molar-refractivity contribution in [1.82, 2.24) is 5.32 Å². The standard InChI is InChI=1S/C18H24BrNO2/c1-12-4-3-5-16(13(12)2)20-18(22)11-10-17(21)14-6-8-15(19)9-7-14/h6-9,12-13,16H,3-5,10-11H2,1-2H3,(H,20,22). The SMILES string of the molecule is CC1CCCC(NC(=O)CCC(=O)c2ccc(Br)cc2)C1C. The van der Waals surface area contributed by atoms with E-state index in [1.807, 2.05) is 12.1 Å². The molecular weight excluding hydrogens is 342 g/mol. The number of ketones is 1. The van der Waals surface area contributed by atoms with Crippen LogP contribution in [0.25, 0.3) is 0 Å². The smallest absolute Gasteiger partial charge is 0.220 e. The number of halogens is 1. The molecule has 22 heavy (non-hydrogen) atoms. The molecule has 0 spiro atoms. The van der Waals surface area contributed by atoms with E-state index in [2.05, 4.69) is 35.1 Å². The molecule has 1 amide bonds. The number of carbonyl (C=O) groups is 2. The van der Waals surface area contributed by atoms with Crippen LogP contribution in [0.15, 0.2) is 28.7 Å². The highest BCUT2D eigenvalue weighted by Crippen LogP contribution is 2.29. The predicted octanol–water partition coefficient (Wildman–Crippen LogP) is 4.35. The largest absolute Gasteiger partial charge is 0.353 e. The Hall–Kier alpha value is -1.16. The summed E-state index contributed by atoms with van der Waals surface area (Å²) in [6, 6.07) is 7.53. The van der Waals surface area contributed by atoms with Crippen molar-refractivity contribution in [1.29, 1.82) is 0 Å². The first-order valence-corrected chi connectivity index (χ1v) is 8.85. The molecule has 3 unspecified atom stereocenters. The van der Waals surface area contributed by atoms with Crippen LogP contribution in [0.4, 0.5) is 0 Å². The van der Waals surface area contributed by atoms with E-state index in [0.717, 1.165) is 10.9 Å². The van der Waals surface area contributed by atoms with E-state index in [-0.39, 0.29) is 30.6 Å². The van der Waals surface area contributed by atoms with Crippen LogP contribution in [0.3, 0.4) is 0 Å². The fourth-order valence-corrected chi connectivity index (χ4v) is 3.34. The second-order valence-electron chi connectivity index (χ2n) is 6.37. The molecule has 4 heteroatoms. The van der Waals surface area contributed by atoms with E-state index in [4.69, 9.17) is 0 Å².